The topological polar surface area (TPSA) is 49.4 Å². The van der Waals surface area contributed by atoms with E-state index in [2.05, 4.69) is 5.32 Å². The van der Waals surface area contributed by atoms with Gasteiger partial charge in [0.05, 0.1) is 6.42 Å². The van der Waals surface area contributed by atoms with Gasteiger partial charge in [-0.15, -0.1) is 0 Å². The van der Waals surface area contributed by atoms with Crippen molar-refractivity contribution in [1.82, 2.24) is 10.2 Å². The molecule has 154 valence electrons. The Balaban J connectivity index is 1.93. The average Bonchev–Trinajstić information content (AvgIpc) is 2.78. The zero-order valence-electron chi connectivity index (χ0n) is 17.5. The summed E-state index contributed by atoms with van der Waals surface area (Å²) >= 11 is 0. The van der Waals surface area contributed by atoms with Crippen molar-refractivity contribution in [2.75, 3.05) is 7.05 Å². The van der Waals surface area contributed by atoms with Gasteiger partial charge in [-0.25, -0.2) is 0 Å². The Bertz CT molecular complexity index is 971. The smallest absolute Gasteiger partial charge is 0.242 e. The third-order valence-electron chi connectivity index (χ3n) is 5.32. The lowest BCUT2D eigenvalue weighted by Gasteiger charge is -2.31. The van der Waals surface area contributed by atoms with Crippen LogP contribution >= 0.6 is 0 Å². The molecular formula is C26H28N2O2. The molecule has 4 heteroatoms. The summed E-state index contributed by atoms with van der Waals surface area (Å²) in [6, 6.07) is 26.9. The predicted molar refractivity (Wildman–Crippen MR) is 120 cm³/mol. The second-order valence-corrected chi connectivity index (χ2v) is 7.43. The molecule has 3 aromatic rings. The number of benzene rings is 3. The number of carbonyl (C=O) groups is 2. The van der Waals surface area contributed by atoms with Crippen molar-refractivity contribution in [2.24, 2.45) is 0 Å². The summed E-state index contributed by atoms with van der Waals surface area (Å²) in [5.41, 5.74) is 4.08. The first-order chi connectivity index (χ1) is 14.6. The van der Waals surface area contributed by atoms with Crippen LogP contribution in [0.4, 0.5) is 0 Å². The Hall–Kier alpha value is -3.40. The maximum atomic E-state index is 13.5. The van der Waals surface area contributed by atoms with Crippen LogP contribution in [0.5, 0.6) is 0 Å². The maximum Gasteiger partial charge on any atom is 0.242 e. The number of nitrogens with one attached hydrogen (secondary N) is 1. The van der Waals surface area contributed by atoms with Crippen molar-refractivity contribution in [3.8, 4) is 0 Å². The summed E-state index contributed by atoms with van der Waals surface area (Å²) in [6.45, 7) is 2.39. The highest BCUT2D eigenvalue weighted by Gasteiger charge is 2.29. The molecule has 0 aromatic heterocycles. The van der Waals surface area contributed by atoms with Crippen LogP contribution in [0.3, 0.4) is 0 Å². The van der Waals surface area contributed by atoms with Gasteiger partial charge in [-0.05, 0) is 29.2 Å². The Morgan fingerprint density at radius 3 is 2.00 bits per heavy atom. The molecule has 0 heterocycles. The van der Waals surface area contributed by atoms with E-state index in [4.69, 9.17) is 0 Å². The third-order valence-corrected chi connectivity index (χ3v) is 5.32. The zero-order chi connectivity index (χ0) is 21.3. The van der Waals surface area contributed by atoms with Gasteiger partial charge in [0, 0.05) is 20.0 Å². The highest BCUT2D eigenvalue weighted by Crippen LogP contribution is 2.17. The van der Waals surface area contributed by atoms with Crippen LogP contribution in [0.15, 0.2) is 84.9 Å². The number of carbonyl (C=O) groups excluding carboxylic acids is 2. The lowest BCUT2D eigenvalue weighted by Crippen LogP contribution is -2.50. The molecule has 1 atom stereocenters. The summed E-state index contributed by atoms with van der Waals surface area (Å²) in [5, 5.41) is 2.75. The number of rotatable bonds is 8. The van der Waals surface area contributed by atoms with Gasteiger partial charge in [0.15, 0.2) is 0 Å². The van der Waals surface area contributed by atoms with Crippen LogP contribution in [0.1, 0.15) is 22.3 Å². The standard InChI is InChI=1S/C26H28N2O2/c1-20-11-9-10-16-23(20)18-25(29)28(19-22-14-7-4-8-15-22)24(26(30)27-2)17-21-12-5-3-6-13-21/h3-16,24H,17-19H2,1-2H3,(H,27,30)/t24-/m1/s1. The van der Waals surface area contributed by atoms with Gasteiger partial charge in [-0.3, -0.25) is 9.59 Å². The minimum Gasteiger partial charge on any atom is -0.357 e. The molecule has 2 amide bonds. The summed E-state index contributed by atoms with van der Waals surface area (Å²) in [5.74, 6) is -0.217. The molecule has 0 aliphatic carbocycles. The molecule has 3 rings (SSSR count). The van der Waals surface area contributed by atoms with E-state index in [1.165, 1.54) is 0 Å². The van der Waals surface area contributed by atoms with Crippen LogP contribution in [-0.2, 0) is 29.0 Å². The lowest BCUT2D eigenvalue weighted by molar-refractivity contribution is -0.140. The van der Waals surface area contributed by atoms with Crippen LogP contribution < -0.4 is 5.32 Å². The fourth-order valence-electron chi connectivity index (χ4n) is 3.57. The number of aryl methyl sites for hydroxylation is 1. The molecule has 0 unspecified atom stereocenters. The van der Waals surface area contributed by atoms with Crippen molar-refractivity contribution in [3.63, 3.8) is 0 Å². The first-order valence-electron chi connectivity index (χ1n) is 10.2. The van der Waals surface area contributed by atoms with Gasteiger partial charge < -0.3 is 10.2 Å². The molecule has 0 bridgehead atoms. The monoisotopic (exact) mass is 400 g/mol. The minimum atomic E-state index is -0.589. The van der Waals surface area contributed by atoms with Crippen LogP contribution in [0.2, 0.25) is 0 Å². The van der Waals surface area contributed by atoms with Crippen LogP contribution in [-0.4, -0.2) is 29.8 Å². The average molecular weight is 401 g/mol. The van der Waals surface area contributed by atoms with Gasteiger partial charge in [-0.2, -0.15) is 0 Å². The van der Waals surface area contributed by atoms with Crippen molar-refractivity contribution in [3.05, 3.63) is 107 Å². The molecule has 4 nitrogen and oxygen atoms in total. The summed E-state index contributed by atoms with van der Waals surface area (Å²) in [4.78, 5) is 28.0. The molecule has 30 heavy (non-hydrogen) atoms. The van der Waals surface area contributed by atoms with E-state index in [0.717, 1.165) is 22.3 Å². The van der Waals surface area contributed by atoms with Crippen molar-refractivity contribution in [1.29, 1.82) is 0 Å². The Labute approximate surface area is 178 Å². The molecule has 1 N–H and O–H groups in total. The molecule has 3 aromatic carbocycles. The highest BCUT2D eigenvalue weighted by molar-refractivity contribution is 5.88. The second-order valence-electron chi connectivity index (χ2n) is 7.43. The highest BCUT2D eigenvalue weighted by atomic mass is 16.2. The molecule has 0 radical (unpaired) electrons. The minimum absolute atomic E-state index is 0.0577. The molecule has 0 saturated carbocycles. The first kappa shape index (κ1) is 21.3. The van der Waals surface area contributed by atoms with Gasteiger partial charge in [0.25, 0.3) is 0 Å². The predicted octanol–water partition coefficient (Wildman–Crippen LogP) is 3.92. The summed E-state index contributed by atoms with van der Waals surface area (Å²) in [6.07, 6.45) is 0.731. The van der Waals surface area contributed by atoms with E-state index in [1.54, 1.807) is 11.9 Å². The van der Waals surface area contributed by atoms with Gasteiger partial charge in [0.2, 0.25) is 11.8 Å². The fourth-order valence-corrected chi connectivity index (χ4v) is 3.57. The van der Waals surface area contributed by atoms with Crippen LogP contribution in [0.25, 0.3) is 0 Å². The Morgan fingerprint density at radius 1 is 0.833 bits per heavy atom. The van der Waals surface area contributed by atoms with E-state index >= 15 is 0 Å². The zero-order valence-corrected chi connectivity index (χ0v) is 17.5. The van der Waals surface area contributed by atoms with Gasteiger partial charge >= 0.3 is 0 Å². The summed E-state index contributed by atoms with van der Waals surface area (Å²) < 4.78 is 0. The molecular weight excluding hydrogens is 372 g/mol. The SMILES string of the molecule is CNC(=O)[C@@H](Cc1ccccc1)N(Cc1ccccc1)C(=O)Cc1ccccc1C. The lowest BCUT2D eigenvalue weighted by atomic mass is 10.0. The normalized spacial score (nSPS) is 11.5. The van der Waals surface area contributed by atoms with E-state index in [1.807, 2.05) is 91.9 Å². The van der Waals surface area contributed by atoms with E-state index in [-0.39, 0.29) is 18.2 Å². The Morgan fingerprint density at radius 2 is 1.40 bits per heavy atom. The second kappa shape index (κ2) is 10.4. The van der Waals surface area contributed by atoms with Crippen molar-refractivity contribution in [2.45, 2.75) is 32.4 Å². The van der Waals surface area contributed by atoms with Crippen molar-refractivity contribution >= 4 is 11.8 Å². The quantitative estimate of drug-likeness (QED) is 0.623. The molecule has 0 aliphatic rings. The molecule has 0 saturated heterocycles. The number of hydrogen-bond donors (Lipinski definition) is 1. The largest absolute Gasteiger partial charge is 0.357 e. The van der Waals surface area contributed by atoms with E-state index in [9.17, 15) is 9.59 Å². The number of nitrogens with zero attached hydrogens (tertiary/aromatic N) is 1. The van der Waals surface area contributed by atoms with Crippen molar-refractivity contribution < 1.29 is 9.59 Å². The van der Waals surface area contributed by atoms with E-state index in [0.29, 0.717) is 13.0 Å². The third kappa shape index (κ3) is 5.57. The number of likely N-dealkylation sites (N-methyl/N-ethyl adjacent to an activating group) is 1. The van der Waals surface area contributed by atoms with Gasteiger partial charge in [-0.1, -0.05) is 84.9 Å². The number of hydrogen-bond acceptors (Lipinski definition) is 2. The molecule has 0 fully saturated rings. The van der Waals surface area contributed by atoms with Crippen LogP contribution in [0, 0.1) is 6.92 Å². The van der Waals surface area contributed by atoms with E-state index < -0.39 is 6.04 Å². The number of amides is 2. The fraction of sp³-hybridized carbons (Fsp3) is 0.231. The Kier molecular flexibility index (Phi) is 7.39. The maximum absolute atomic E-state index is 13.5. The summed E-state index contributed by atoms with van der Waals surface area (Å²) in [7, 11) is 1.62. The molecule has 0 spiro atoms. The van der Waals surface area contributed by atoms with Gasteiger partial charge in [0.1, 0.15) is 6.04 Å². The molecule has 0 aliphatic heterocycles. The first-order valence-corrected chi connectivity index (χ1v) is 10.2.